The van der Waals surface area contributed by atoms with Gasteiger partial charge in [0.2, 0.25) is 0 Å². The summed E-state index contributed by atoms with van der Waals surface area (Å²) in [6.07, 6.45) is 0. The predicted octanol–water partition coefficient (Wildman–Crippen LogP) is 1.98. The molecule has 0 saturated carbocycles. The number of hydrogen-bond acceptors (Lipinski definition) is 0. The standard InChI is InChI=1S/C12H12.K.H2O.H/c1-9-5-3-7-11-8-4-6-10(2)12(9)11;;;/h3-8H,1-2H3;;1H2;. The predicted molar refractivity (Wildman–Crippen MR) is 64.2 cm³/mol. The molecule has 0 fully saturated rings. The third-order valence-corrected chi connectivity index (χ3v) is 2.32. The first-order valence-electron chi connectivity index (χ1n) is 4.24. The molecule has 0 amide bonds. The summed E-state index contributed by atoms with van der Waals surface area (Å²) in [5.74, 6) is 0. The van der Waals surface area contributed by atoms with Crippen molar-refractivity contribution in [3.05, 3.63) is 47.5 Å². The number of fused-ring (bicyclic) bond motifs is 1. The van der Waals surface area contributed by atoms with E-state index in [2.05, 4.69) is 50.2 Å². The maximum absolute atomic E-state index is 2.16. The van der Waals surface area contributed by atoms with Gasteiger partial charge in [0.25, 0.3) is 0 Å². The molecule has 0 bridgehead atoms. The summed E-state index contributed by atoms with van der Waals surface area (Å²) in [5, 5.41) is 2.75. The normalized spacial score (nSPS) is 9.00. The Morgan fingerprint density at radius 3 is 1.57 bits per heavy atom. The quantitative estimate of drug-likeness (QED) is 0.601. The topological polar surface area (TPSA) is 31.5 Å². The van der Waals surface area contributed by atoms with Crippen molar-refractivity contribution in [3.63, 3.8) is 0 Å². The molecule has 0 aliphatic rings. The van der Waals surface area contributed by atoms with Crippen molar-refractivity contribution in [1.29, 1.82) is 0 Å². The van der Waals surface area contributed by atoms with Gasteiger partial charge in [-0.3, -0.25) is 0 Å². The van der Waals surface area contributed by atoms with Gasteiger partial charge in [0.15, 0.2) is 0 Å². The summed E-state index contributed by atoms with van der Waals surface area (Å²) in [4.78, 5) is 0. The van der Waals surface area contributed by atoms with Crippen LogP contribution in [-0.4, -0.2) is 56.9 Å². The van der Waals surface area contributed by atoms with Crippen LogP contribution in [0.1, 0.15) is 11.1 Å². The summed E-state index contributed by atoms with van der Waals surface area (Å²) in [6, 6.07) is 12.9. The van der Waals surface area contributed by atoms with Gasteiger partial charge in [-0.1, -0.05) is 36.4 Å². The summed E-state index contributed by atoms with van der Waals surface area (Å²) in [6.45, 7) is 4.32. The molecule has 0 saturated heterocycles. The van der Waals surface area contributed by atoms with Gasteiger partial charge in [0.05, 0.1) is 0 Å². The van der Waals surface area contributed by atoms with Gasteiger partial charge in [-0.15, -0.1) is 0 Å². The summed E-state index contributed by atoms with van der Waals surface area (Å²) in [7, 11) is 0. The number of rotatable bonds is 0. The van der Waals surface area contributed by atoms with Crippen LogP contribution in [0, 0.1) is 13.8 Å². The molecule has 0 atom stereocenters. The van der Waals surface area contributed by atoms with Crippen molar-refractivity contribution < 1.29 is 5.48 Å². The van der Waals surface area contributed by atoms with Crippen LogP contribution in [0.4, 0.5) is 0 Å². The van der Waals surface area contributed by atoms with Crippen molar-refractivity contribution in [2.45, 2.75) is 13.8 Å². The van der Waals surface area contributed by atoms with Crippen LogP contribution in [0.25, 0.3) is 10.8 Å². The van der Waals surface area contributed by atoms with Crippen molar-refractivity contribution in [1.82, 2.24) is 0 Å². The van der Waals surface area contributed by atoms with Gasteiger partial charge in [-0.2, -0.15) is 0 Å². The van der Waals surface area contributed by atoms with Crippen molar-refractivity contribution in [2.24, 2.45) is 0 Å². The van der Waals surface area contributed by atoms with Crippen LogP contribution >= 0.6 is 0 Å². The Kier molecular flexibility index (Phi) is 6.13. The van der Waals surface area contributed by atoms with E-state index in [-0.39, 0.29) is 56.9 Å². The van der Waals surface area contributed by atoms with Gasteiger partial charge in [0, 0.05) is 0 Å². The van der Waals surface area contributed by atoms with E-state index in [4.69, 9.17) is 0 Å². The summed E-state index contributed by atoms with van der Waals surface area (Å²) >= 11 is 0. The second kappa shape index (κ2) is 6.01. The van der Waals surface area contributed by atoms with E-state index in [1.54, 1.807) is 0 Å². The van der Waals surface area contributed by atoms with E-state index in [0.29, 0.717) is 0 Å². The Balaban J connectivity index is 0.000000845. The van der Waals surface area contributed by atoms with Crippen LogP contribution in [0.5, 0.6) is 0 Å². The second-order valence-electron chi connectivity index (χ2n) is 3.25. The number of hydrogen-bond donors (Lipinski definition) is 0. The van der Waals surface area contributed by atoms with E-state index in [1.165, 1.54) is 21.9 Å². The van der Waals surface area contributed by atoms with E-state index >= 15 is 0 Å². The molecule has 0 aliphatic heterocycles. The molecular weight excluding hydrogens is 199 g/mol. The third kappa shape index (κ3) is 2.66. The van der Waals surface area contributed by atoms with E-state index in [1.807, 2.05) is 0 Å². The molecule has 2 N–H and O–H groups in total. The molecule has 0 radical (unpaired) electrons. The first-order valence-corrected chi connectivity index (χ1v) is 4.24. The molecule has 0 aliphatic carbocycles. The third-order valence-electron chi connectivity index (χ3n) is 2.32. The van der Waals surface area contributed by atoms with Crippen LogP contribution in [0.15, 0.2) is 36.4 Å². The summed E-state index contributed by atoms with van der Waals surface area (Å²) in [5.41, 5.74) is 2.73. The van der Waals surface area contributed by atoms with Crippen LogP contribution in [-0.2, 0) is 0 Å². The van der Waals surface area contributed by atoms with E-state index in [9.17, 15) is 0 Å². The van der Waals surface area contributed by atoms with Crippen molar-refractivity contribution in [3.8, 4) is 0 Å². The average Bonchev–Trinajstić information content (AvgIpc) is 2.04. The van der Waals surface area contributed by atoms with E-state index < -0.39 is 0 Å². The molecule has 14 heavy (non-hydrogen) atoms. The zero-order chi connectivity index (χ0) is 8.55. The molecule has 0 unspecified atom stereocenters. The first kappa shape index (κ1) is 14.3. The zero-order valence-corrected chi connectivity index (χ0v) is 7.96. The molecule has 2 aromatic carbocycles. The monoisotopic (exact) mass is 214 g/mol. The maximum atomic E-state index is 2.16. The minimum absolute atomic E-state index is 0. The van der Waals surface area contributed by atoms with Crippen LogP contribution < -0.4 is 0 Å². The molecular formula is C12H15KO. The molecule has 2 rings (SSSR count). The number of aryl methyl sites for hydroxylation is 2. The molecule has 1 nitrogen and oxygen atoms in total. The van der Waals surface area contributed by atoms with Gasteiger partial charge in [-0.05, 0) is 35.7 Å². The Morgan fingerprint density at radius 2 is 1.21 bits per heavy atom. The van der Waals surface area contributed by atoms with Crippen molar-refractivity contribution in [2.75, 3.05) is 0 Å². The summed E-state index contributed by atoms with van der Waals surface area (Å²) < 4.78 is 0. The molecule has 0 spiro atoms. The molecule has 0 aromatic heterocycles. The average molecular weight is 214 g/mol. The zero-order valence-electron chi connectivity index (χ0n) is 7.96. The fraction of sp³-hybridized carbons (Fsp3) is 0.167. The Hall–Kier alpha value is 0.296. The first-order chi connectivity index (χ1) is 5.79. The minimum atomic E-state index is 0. The fourth-order valence-corrected chi connectivity index (χ4v) is 1.75. The molecule has 2 heteroatoms. The molecule has 2 aromatic rings. The van der Waals surface area contributed by atoms with Crippen molar-refractivity contribution >= 4 is 62.2 Å². The van der Waals surface area contributed by atoms with Gasteiger partial charge < -0.3 is 5.48 Å². The Morgan fingerprint density at radius 1 is 0.786 bits per heavy atom. The van der Waals surface area contributed by atoms with Gasteiger partial charge >= 0.3 is 51.4 Å². The van der Waals surface area contributed by atoms with Crippen LogP contribution in [0.2, 0.25) is 0 Å². The molecule has 70 valence electrons. The fourth-order valence-electron chi connectivity index (χ4n) is 1.75. The Bertz CT molecular complexity index is 387. The van der Waals surface area contributed by atoms with Gasteiger partial charge in [-0.25, -0.2) is 0 Å². The van der Waals surface area contributed by atoms with Crippen LogP contribution in [0.3, 0.4) is 0 Å². The Labute approximate surface area is 127 Å². The SMILES string of the molecule is Cc1cccc2cccc(C)c12.O.[KH]. The number of benzene rings is 2. The van der Waals surface area contributed by atoms with Gasteiger partial charge in [0.1, 0.15) is 0 Å². The van der Waals surface area contributed by atoms with E-state index in [0.717, 1.165) is 0 Å². The molecule has 0 heterocycles. The second-order valence-corrected chi connectivity index (χ2v) is 3.25.